The number of benzene rings is 3. The lowest BCUT2D eigenvalue weighted by atomic mass is 9.74. The van der Waals surface area contributed by atoms with E-state index in [-0.39, 0.29) is 34.6 Å². The van der Waals surface area contributed by atoms with Crippen LogP contribution < -0.4 is 15.4 Å². The van der Waals surface area contributed by atoms with Crippen molar-refractivity contribution in [3.63, 3.8) is 0 Å². The average Bonchev–Trinajstić information content (AvgIpc) is 2.88. The van der Waals surface area contributed by atoms with E-state index in [2.05, 4.69) is 10.6 Å². The van der Waals surface area contributed by atoms with E-state index in [9.17, 15) is 37.5 Å². The smallest absolute Gasteiger partial charge is 0.402 e. The van der Waals surface area contributed by atoms with Crippen LogP contribution >= 0.6 is 0 Å². The first-order valence-corrected chi connectivity index (χ1v) is 12.0. The summed E-state index contributed by atoms with van der Waals surface area (Å²) in [6, 6.07) is 10.2. The van der Waals surface area contributed by atoms with Crippen LogP contribution in [0.15, 0.2) is 48.5 Å². The predicted octanol–water partition coefficient (Wildman–Crippen LogP) is 5.90. The number of carboxylic acids is 1. The molecule has 210 valence electrons. The van der Waals surface area contributed by atoms with Crippen molar-refractivity contribution in [2.24, 2.45) is 0 Å². The van der Waals surface area contributed by atoms with E-state index in [0.29, 0.717) is 11.3 Å². The second-order valence-corrected chi connectivity index (χ2v) is 9.36. The first-order valence-electron chi connectivity index (χ1n) is 12.0. The molecule has 0 heterocycles. The number of hydrogen-bond donors (Lipinski definition) is 3. The van der Waals surface area contributed by atoms with Crippen LogP contribution in [0.25, 0.3) is 0 Å². The Balaban J connectivity index is 2.15. The molecule has 3 aromatic carbocycles. The largest absolute Gasteiger partial charge is 0.478 e. The van der Waals surface area contributed by atoms with Crippen molar-refractivity contribution < 1.29 is 42.2 Å². The number of rotatable bonds is 9. The molecular weight excluding hydrogens is 529 g/mol. The van der Waals surface area contributed by atoms with Crippen LogP contribution in [0.5, 0.6) is 5.75 Å². The maximum atomic E-state index is 14.7. The zero-order chi connectivity index (χ0) is 30.0. The van der Waals surface area contributed by atoms with Gasteiger partial charge in [-0.25, -0.2) is 4.79 Å². The van der Waals surface area contributed by atoms with Crippen LogP contribution in [-0.4, -0.2) is 42.5 Å². The molecule has 1 atom stereocenters. The van der Waals surface area contributed by atoms with Crippen molar-refractivity contribution >= 4 is 35.5 Å². The number of aromatic carboxylic acids is 1. The first kappa shape index (κ1) is 29.9. The van der Waals surface area contributed by atoms with Gasteiger partial charge in [0.2, 0.25) is 0 Å². The molecule has 3 rings (SSSR count). The number of carboxylic acid groups (broad SMARTS) is 1. The Morgan fingerprint density at radius 3 is 1.90 bits per heavy atom. The standard InChI is InChI=1S/C29H27F3N2O6/c1-15-6-8-18(10-23(15)33-5)28(4,29(30,31)32)19-9-7-16(2)24(11-19)34-26(37)21-12-20(17(3)36)25(40-14-35)13-22(21)27(38)39/h6-14,33H,1-5H3,(H,34,37)(H,38,39). The highest BCUT2D eigenvalue weighted by atomic mass is 19.4. The summed E-state index contributed by atoms with van der Waals surface area (Å²) in [5.74, 6) is -3.50. The number of alkyl halides is 3. The van der Waals surface area contributed by atoms with Crippen molar-refractivity contribution in [3.05, 3.63) is 87.5 Å². The molecule has 11 heteroatoms. The van der Waals surface area contributed by atoms with E-state index < -0.39 is 40.4 Å². The normalized spacial score (nSPS) is 12.7. The van der Waals surface area contributed by atoms with Crippen LogP contribution in [0, 0.1) is 13.8 Å². The highest BCUT2D eigenvalue weighted by molar-refractivity contribution is 6.13. The van der Waals surface area contributed by atoms with Crippen LogP contribution in [0.2, 0.25) is 0 Å². The number of ether oxygens (including phenoxy) is 1. The monoisotopic (exact) mass is 556 g/mol. The second-order valence-electron chi connectivity index (χ2n) is 9.36. The molecule has 0 aliphatic heterocycles. The third kappa shape index (κ3) is 5.54. The number of carbonyl (C=O) groups excluding carboxylic acids is 3. The molecule has 0 saturated heterocycles. The zero-order valence-electron chi connectivity index (χ0n) is 22.3. The molecule has 0 bridgehead atoms. The van der Waals surface area contributed by atoms with Gasteiger partial charge in [-0.05, 0) is 74.2 Å². The molecule has 3 N–H and O–H groups in total. The van der Waals surface area contributed by atoms with E-state index in [0.717, 1.165) is 31.5 Å². The van der Waals surface area contributed by atoms with Gasteiger partial charge >= 0.3 is 12.1 Å². The third-order valence-electron chi connectivity index (χ3n) is 6.86. The molecule has 0 fully saturated rings. The van der Waals surface area contributed by atoms with Crippen LogP contribution in [0.4, 0.5) is 24.5 Å². The summed E-state index contributed by atoms with van der Waals surface area (Å²) >= 11 is 0. The molecule has 3 aromatic rings. The number of ketones is 1. The number of halogens is 3. The fourth-order valence-electron chi connectivity index (χ4n) is 4.32. The maximum Gasteiger partial charge on any atom is 0.402 e. The van der Waals surface area contributed by atoms with Crippen molar-refractivity contribution in [1.29, 1.82) is 0 Å². The number of amides is 1. The van der Waals surface area contributed by atoms with Gasteiger partial charge in [0.1, 0.15) is 11.2 Å². The molecule has 40 heavy (non-hydrogen) atoms. The van der Waals surface area contributed by atoms with Crippen molar-refractivity contribution in [3.8, 4) is 5.75 Å². The Bertz CT molecular complexity index is 1520. The van der Waals surface area contributed by atoms with Crippen molar-refractivity contribution in [2.75, 3.05) is 17.7 Å². The van der Waals surface area contributed by atoms with Gasteiger partial charge in [-0.2, -0.15) is 13.2 Å². The molecule has 0 spiro atoms. The highest BCUT2D eigenvalue weighted by Gasteiger charge is 2.53. The van der Waals surface area contributed by atoms with E-state index in [4.69, 9.17) is 4.74 Å². The molecule has 0 radical (unpaired) electrons. The average molecular weight is 557 g/mol. The summed E-state index contributed by atoms with van der Waals surface area (Å²) in [6.07, 6.45) is -4.73. The fraction of sp³-hybridized carbons (Fsp3) is 0.241. The lowest BCUT2D eigenvalue weighted by Gasteiger charge is -2.34. The van der Waals surface area contributed by atoms with Gasteiger partial charge in [-0.3, -0.25) is 14.4 Å². The van der Waals surface area contributed by atoms with Crippen molar-refractivity contribution in [2.45, 2.75) is 39.3 Å². The van der Waals surface area contributed by atoms with Gasteiger partial charge in [0.15, 0.2) is 5.78 Å². The van der Waals surface area contributed by atoms with E-state index >= 15 is 0 Å². The van der Waals surface area contributed by atoms with E-state index in [1.807, 2.05) is 0 Å². The summed E-state index contributed by atoms with van der Waals surface area (Å²) < 4.78 is 48.8. The van der Waals surface area contributed by atoms with E-state index in [1.165, 1.54) is 30.3 Å². The molecule has 0 aliphatic rings. The maximum absolute atomic E-state index is 14.7. The summed E-state index contributed by atoms with van der Waals surface area (Å²) in [6.45, 7) is 5.51. The van der Waals surface area contributed by atoms with Gasteiger partial charge in [-0.1, -0.05) is 24.3 Å². The third-order valence-corrected chi connectivity index (χ3v) is 6.86. The summed E-state index contributed by atoms with van der Waals surface area (Å²) in [5, 5.41) is 15.0. The second kappa shape index (κ2) is 11.2. The number of hydrogen-bond acceptors (Lipinski definition) is 6. The molecule has 0 aliphatic carbocycles. The lowest BCUT2D eigenvalue weighted by Crippen LogP contribution is -2.40. The number of carbonyl (C=O) groups is 4. The number of anilines is 2. The van der Waals surface area contributed by atoms with Gasteiger partial charge in [0, 0.05) is 18.4 Å². The minimum Gasteiger partial charge on any atom is -0.478 e. The quantitative estimate of drug-likeness (QED) is 0.222. The SMILES string of the molecule is CNc1cc(C(C)(c2ccc(C)c(NC(=O)c3cc(C(C)=O)c(OC=O)cc3C(=O)O)c2)C(F)(F)F)ccc1C. The lowest BCUT2D eigenvalue weighted by molar-refractivity contribution is -0.173. The van der Waals surface area contributed by atoms with Gasteiger partial charge in [-0.15, -0.1) is 0 Å². The van der Waals surface area contributed by atoms with Crippen molar-refractivity contribution in [1.82, 2.24) is 0 Å². The summed E-state index contributed by atoms with van der Waals surface area (Å²) in [4.78, 5) is 48.0. The Kier molecular flexibility index (Phi) is 8.37. The molecule has 1 amide bonds. The van der Waals surface area contributed by atoms with Crippen LogP contribution in [0.3, 0.4) is 0 Å². The molecule has 1 unspecified atom stereocenters. The fourth-order valence-corrected chi connectivity index (χ4v) is 4.32. The zero-order valence-corrected chi connectivity index (χ0v) is 22.3. The number of nitrogens with one attached hydrogen (secondary N) is 2. The number of Topliss-reactive ketones (excluding diaryl/α,β-unsaturated/α-hetero) is 1. The highest BCUT2D eigenvalue weighted by Crippen LogP contribution is 2.47. The van der Waals surface area contributed by atoms with Gasteiger partial charge < -0.3 is 20.5 Å². The topological polar surface area (TPSA) is 122 Å². The summed E-state index contributed by atoms with van der Waals surface area (Å²) in [7, 11) is 1.61. The Morgan fingerprint density at radius 1 is 0.875 bits per heavy atom. The molecular formula is C29H27F3N2O6. The van der Waals surface area contributed by atoms with Crippen LogP contribution in [-0.2, 0) is 10.2 Å². The molecule has 0 aromatic heterocycles. The Hall–Kier alpha value is -4.67. The minimum absolute atomic E-state index is 0.00717. The Morgan fingerprint density at radius 2 is 1.43 bits per heavy atom. The van der Waals surface area contributed by atoms with Gasteiger partial charge in [0.25, 0.3) is 12.4 Å². The molecule has 0 saturated carbocycles. The van der Waals surface area contributed by atoms with E-state index in [1.54, 1.807) is 27.0 Å². The predicted molar refractivity (Wildman–Crippen MR) is 142 cm³/mol. The van der Waals surface area contributed by atoms with Gasteiger partial charge in [0.05, 0.1) is 16.7 Å². The number of aryl methyl sites for hydroxylation is 2. The molecule has 8 nitrogen and oxygen atoms in total. The van der Waals surface area contributed by atoms with Crippen LogP contribution in [0.1, 0.15) is 67.2 Å². The first-order chi connectivity index (χ1) is 18.6. The summed E-state index contributed by atoms with van der Waals surface area (Å²) in [5.41, 5.74) is -2.21. The Labute approximate surface area is 228 Å². The minimum atomic E-state index is -4.73.